The molecule has 3 rings (SSSR count). The summed E-state index contributed by atoms with van der Waals surface area (Å²) < 4.78 is 0. The lowest BCUT2D eigenvalue weighted by Gasteiger charge is -2.27. The van der Waals surface area contributed by atoms with Crippen LogP contribution in [0.2, 0.25) is 0 Å². The van der Waals surface area contributed by atoms with Gasteiger partial charge in [0, 0.05) is 0 Å². The Bertz CT molecular complexity index is 466. The maximum absolute atomic E-state index is 12.4. The summed E-state index contributed by atoms with van der Waals surface area (Å²) in [5, 5.41) is 9.29. The Kier molecular flexibility index (Phi) is 2.56. The van der Waals surface area contributed by atoms with E-state index in [4.69, 9.17) is 0 Å². The quantitative estimate of drug-likeness (QED) is 0.606. The summed E-state index contributed by atoms with van der Waals surface area (Å²) in [6.45, 7) is 3.45. The summed E-state index contributed by atoms with van der Waals surface area (Å²) in [6.07, 6.45) is 4.87. The molecule has 0 unspecified atom stereocenters. The first-order chi connectivity index (χ1) is 8.93. The number of fused-ring (bicyclic) bond motifs is 5. The molecule has 5 heteroatoms. The fourth-order valence-corrected chi connectivity index (χ4v) is 3.89. The predicted molar refractivity (Wildman–Crippen MR) is 65.8 cm³/mol. The van der Waals surface area contributed by atoms with Crippen molar-refractivity contribution in [2.45, 2.75) is 26.3 Å². The van der Waals surface area contributed by atoms with Gasteiger partial charge in [0.2, 0.25) is 11.8 Å². The summed E-state index contributed by atoms with van der Waals surface area (Å²) in [5.41, 5.74) is 0. The number of likely N-dealkylation sites (tertiary alicyclic amines) is 1. The zero-order chi connectivity index (χ0) is 13.9. The van der Waals surface area contributed by atoms with Crippen molar-refractivity contribution < 1.29 is 19.5 Å². The van der Waals surface area contributed by atoms with Gasteiger partial charge in [0.15, 0.2) is 0 Å². The Hall–Kier alpha value is -1.65. The minimum atomic E-state index is -1.10. The maximum atomic E-state index is 12.4. The Morgan fingerprint density at radius 2 is 1.68 bits per heavy atom. The van der Waals surface area contributed by atoms with Crippen LogP contribution in [0, 0.1) is 29.6 Å². The number of nitrogens with zero attached hydrogens (tertiary/aromatic N) is 1. The van der Waals surface area contributed by atoms with Gasteiger partial charge in [-0.05, 0) is 24.2 Å². The Morgan fingerprint density at radius 3 is 2.05 bits per heavy atom. The second-order valence-corrected chi connectivity index (χ2v) is 6.07. The molecule has 1 saturated carbocycles. The predicted octanol–water partition coefficient (Wildman–Crippen LogP) is 0.903. The van der Waals surface area contributed by atoms with Gasteiger partial charge in [0.05, 0.1) is 11.8 Å². The SMILES string of the molecule is CC(C)[C@@H](C(=O)O)N1C(=O)[C@@H]2[C@@H](C1=O)[C@@H]1C=C[C@@H]2C1. The molecule has 102 valence electrons. The van der Waals surface area contributed by atoms with E-state index < -0.39 is 12.0 Å². The molecule has 3 aliphatic rings. The minimum absolute atomic E-state index is 0.123. The van der Waals surface area contributed by atoms with Gasteiger partial charge in [-0.1, -0.05) is 26.0 Å². The van der Waals surface area contributed by atoms with Crippen molar-refractivity contribution in [2.75, 3.05) is 0 Å². The van der Waals surface area contributed by atoms with Gasteiger partial charge in [0.1, 0.15) is 6.04 Å². The first kappa shape index (κ1) is 12.4. The molecule has 1 heterocycles. The highest BCUT2D eigenvalue weighted by atomic mass is 16.4. The number of imide groups is 1. The number of allylic oxidation sites excluding steroid dienone is 2. The Morgan fingerprint density at radius 1 is 1.21 bits per heavy atom. The van der Waals surface area contributed by atoms with Crippen molar-refractivity contribution in [2.24, 2.45) is 29.6 Å². The molecule has 2 aliphatic carbocycles. The van der Waals surface area contributed by atoms with Crippen molar-refractivity contribution >= 4 is 17.8 Å². The average Bonchev–Trinajstić information content (AvgIpc) is 2.97. The smallest absolute Gasteiger partial charge is 0.327 e. The summed E-state index contributed by atoms with van der Waals surface area (Å²) >= 11 is 0. The van der Waals surface area contributed by atoms with Crippen molar-refractivity contribution in [1.82, 2.24) is 4.90 Å². The average molecular weight is 263 g/mol. The van der Waals surface area contributed by atoms with E-state index in [0.717, 1.165) is 11.3 Å². The number of carboxylic acids is 1. The van der Waals surface area contributed by atoms with E-state index in [1.165, 1.54) is 0 Å². The largest absolute Gasteiger partial charge is 0.480 e. The zero-order valence-electron chi connectivity index (χ0n) is 10.9. The van der Waals surface area contributed by atoms with Crippen LogP contribution < -0.4 is 0 Å². The second-order valence-electron chi connectivity index (χ2n) is 6.07. The fraction of sp³-hybridized carbons (Fsp3) is 0.643. The van der Waals surface area contributed by atoms with Crippen molar-refractivity contribution in [1.29, 1.82) is 0 Å². The number of aliphatic carboxylic acids is 1. The molecule has 2 fully saturated rings. The lowest BCUT2D eigenvalue weighted by atomic mass is 9.85. The van der Waals surface area contributed by atoms with Crippen molar-refractivity contribution in [3.8, 4) is 0 Å². The molecule has 0 aromatic heterocycles. The van der Waals surface area contributed by atoms with Gasteiger partial charge in [-0.3, -0.25) is 14.5 Å². The van der Waals surface area contributed by atoms with E-state index in [1.54, 1.807) is 13.8 Å². The van der Waals surface area contributed by atoms with Crippen LogP contribution in [0.25, 0.3) is 0 Å². The number of hydrogen-bond acceptors (Lipinski definition) is 3. The highest BCUT2D eigenvalue weighted by Gasteiger charge is 2.61. The fourth-order valence-electron chi connectivity index (χ4n) is 3.89. The molecule has 1 aliphatic heterocycles. The molecule has 19 heavy (non-hydrogen) atoms. The Balaban J connectivity index is 1.96. The number of amides is 2. The van der Waals surface area contributed by atoms with Crippen LogP contribution in [0.5, 0.6) is 0 Å². The highest BCUT2D eigenvalue weighted by Crippen LogP contribution is 2.53. The topological polar surface area (TPSA) is 74.7 Å². The number of rotatable bonds is 3. The molecule has 5 nitrogen and oxygen atoms in total. The standard InChI is InChI=1S/C14H17NO4/c1-6(2)11(14(18)19)15-12(16)9-7-3-4-8(5-7)10(9)13(15)17/h3-4,6-11H,5H2,1-2H3,(H,18,19)/t7-,8-,9+,10+,11+/m1/s1. The van der Waals surface area contributed by atoms with Crippen LogP contribution in [0.4, 0.5) is 0 Å². The van der Waals surface area contributed by atoms with Crippen LogP contribution in [0.15, 0.2) is 12.2 Å². The van der Waals surface area contributed by atoms with E-state index in [1.807, 2.05) is 12.2 Å². The summed E-state index contributed by atoms with van der Waals surface area (Å²) in [7, 11) is 0. The molecule has 2 amide bonds. The molecule has 0 aromatic carbocycles. The molecule has 0 aromatic rings. The third-order valence-electron chi connectivity index (χ3n) is 4.67. The maximum Gasteiger partial charge on any atom is 0.327 e. The van der Waals surface area contributed by atoms with E-state index in [-0.39, 0.29) is 41.4 Å². The minimum Gasteiger partial charge on any atom is -0.480 e. The van der Waals surface area contributed by atoms with Crippen LogP contribution in [-0.4, -0.2) is 33.8 Å². The van der Waals surface area contributed by atoms with Crippen LogP contribution in [0.3, 0.4) is 0 Å². The second kappa shape index (κ2) is 3.92. The molecule has 5 atom stereocenters. The highest BCUT2D eigenvalue weighted by molar-refractivity contribution is 6.08. The summed E-state index contributed by atoms with van der Waals surface area (Å²) in [6, 6.07) is -1.04. The van der Waals surface area contributed by atoms with Gasteiger partial charge in [-0.25, -0.2) is 4.79 Å². The summed E-state index contributed by atoms with van der Waals surface area (Å²) in [4.78, 5) is 37.3. The number of hydrogen-bond donors (Lipinski definition) is 1. The summed E-state index contributed by atoms with van der Waals surface area (Å²) in [5.74, 6) is -2.34. The van der Waals surface area contributed by atoms with Crippen LogP contribution in [-0.2, 0) is 14.4 Å². The first-order valence-corrected chi connectivity index (χ1v) is 6.71. The number of carbonyl (C=O) groups excluding carboxylic acids is 2. The third-order valence-corrected chi connectivity index (χ3v) is 4.67. The molecular weight excluding hydrogens is 246 g/mol. The molecule has 0 radical (unpaired) electrons. The first-order valence-electron chi connectivity index (χ1n) is 6.71. The van der Waals surface area contributed by atoms with Gasteiger partial charge in [-0.15, -0.1) is 0 Å². The molecule has 1 N–H and O–H groups in total. The molecular formula is C14H17NO4. The van der Waals surface area contributed by atoms with E-state index >= 15 is 0 Å². The van der Waals surface area contributed by atoms with Crippen LogP contribution >= 0.6 is 0 Å². The number of carboxylic acid groups (broad SMARTS) is 1. The lowest BCUT2D eigenvalue weighted by molar-refractivity contribution is -0.157. The van der Waals surface area contributed by atoms with E-state index in [2.05, 4.69) is 0 Å². The number of carbonyl (C=O) groups is 3. The normalized spacial score (nSPS) is 37.3. The molecule has 0 spiro atoms. The van der Waals surface area contributed by atoms with E-state index in [9.17, 15) is 19.5 Å². The Labute approximate surface area is 111 Å². The molecule has 1 saturated heterocycles. The van der Waals surface area contributed by atoms with Gasteiger partial charge in [0.25, 0.3) is 0 Å². The van der Waals surface area contributed by atoms with E-state index in [0.29, 0.717) is 0 Å². The monoisotopic (exact) mass is 263 g/mol. The molecule has 2 bridgehead atoms. The van der Waals surface area contributed by atoms with Gasteiger partial charge >= 0.3 is 5.97 Å². The lowest BCUT2D eigenvalue weighted by Crippen LogP contribution is -2.49. The zero-order valence-corrected chi connectivity index (χ0v) is 10.9. The van der Waals surface area contributed by atoms with Crippen molar-refractivity contribution in [3.05, 3.63) is 12.2 Å². The van der Waals surface area contributed by atoms with Gasteiger partial charge < -0.3 is 5.11 Å². The third kappa shape index (κ3) is 1.50. The van der Waals surface area contributed by atoms with Crippen molar-refractivity contribution in [3.63, 3.8) is 0 Å². The van der Waals surface area contributed by atoms with Gasteiger partial charge in [-0.2, -0.15) is 0 Å². The van der Waals surface area contributed by atoms with Crippen LogP contribution in [0.1, 0.15) is 20.3 Å².